The number of benzene rings is 1. The van der Waals surface area contributed by atoms with Gasteiger partial charge in [-0.3, -0.25) is 0 Å². The van der Waals surface area contributed by atoms with Crippen LogP contribution >= 0.6 is 11.6 Å². The summed E-state index contributed by atoms with van der Waals surface area (Å²) in [4.78, 5) is 7.99. The highest BCUT2D eigenvalue weighted by Crippen LogP contribution is 2.30. The molecule has 1 aromatic heterocycles. The predicted octanol–water partition coefficient (Wildman–Crippen LogP) is 3.41. The number of aromatic nitrogens is 2. The molecule has 0 aliphatic heterocycles. The fourth-order valence-corrected chi connectivity index (χ4v) is 1.62. The van der Waals surface area contributed by atoms with Crippen LogP contribution in [0.5, 0.6) is 11.6 Å². The van der Waals surface area contributed by atoms with E-state index in [0.717, 1.165) is 0 Å². The lowest BCUT2D eigenvalue weighted by atomic mass is 10.3. The smallest absolute Gasteiger partial charge is 0.227 e. The Morgan fingerprint density at radius 1 is 1.33 bits per heavy atom. The molecule has 0 saturated heterocycles. The zero-order valence-electron chi connectivity index (χ0n) is 9.87. The molecule has 0 fully saturated rings. The summed E-state index contributed by atoms with van der Waals surface area (Å²) in [7, 11) is 1.74. The van der Waals surface area contributed by atoms with E-state index in [-0.39, 0.29) is 16.7 Å². The van der Waals surface area contributed by atoms with Gasteiger partial charge in [-0.15, -0.1) is 0 Å². The van der Waals surface area contributed by atoms with Gasteiger partial charge in [0.15, 0.2) is 11.6 Å². The molecule has 4 nitrogen and oxygen atoms in total. The molecular formula is C12H11ClFN3O. The second-order valence-electron chi connectivity index (χ2n) is 3.56. The van der Waals surface area contributed by atoms with E-state index in [4.69, 9.17) is 16.3 Å². The molecule has 2 rings (SSSR count). The highest BCUT2D eigenvalue weighted by molar-refractivity contribution is 6.30. The van der Waals surface area contributed by atoms with Crippen molar-refractivity contribution in [2.75, 3.05) is 12.4 Å². The Kier molecular flexibility index (Phi) is 3.62. The summed E-state index contributed by atoms with van der Waals surface area (Å²) in [5.74, 6) is 0.340. The summed E-state index contributed by atoms with van der Waals surface area (Å²) in [6, 6.07) is 4.55. The second kappa shape index (κ2) is 5.18. The second-order valence-corrected chi connectivity index (χ2v) is 3.96. The van der Waals surface area contributed by atoms with Crippen molar-refractivity contribution in [1.29, 1.82) is 0 Å². The Morgan fingerprint density at radius 3 is 2.83 bits per heavy atom. The van der Waals surface area contributed by atoms with Crippen molar-refractivity contribution in [3.8, 4) is 11.6 Å². The standard InChI is InChI=1S/C12H11ClFN3O/c1-7-11(15-2)16-6-17-12(7)18-9-5-3-4-8(13)10(9)14/h3-6H,1-2H3,(H,15,16,17). The van der Waals surface area contributed by atoms with Crippen molar-refractivity contribution < 1.29 is 9.13 Å². The van der Waals surface area contributed by atoms with Crippen LogP contribution in [-0.4, -0.2) is 17.0 Å². The fourth-order valence-electron chi connectivity index (χ4n) is 1.46. The van der Waals surface area contributed by atoms with Crippen molar-refractivity contribution in [3.05, 3.63) is 40.9 Å². The van der Waals surface area contributed by atoms with Gasteiger partial charge < -0.3 is 10.1 Å². The molecule has 0 aliphatic rings. The van der Waals surface area contributed by atoms with Crippen LogP contribution in [0, 0.1) is 12.7 Å². The molecule has 94 valence electrons. The number of nitrogens with one attached hydrogen (secondary N) is 1. The summed E-state index contributed by atoms with van der Waals surface area (Å²) < 4.78 is 19.1. The van der Waals surface area contributed by atoms with Gasteiger partial charge in [0.25, 0.3) is 0 Å². The molecule has 0 atom stereocenters. The Bertz CT molecular complexity index is 577. The SMILES string of the molecule is CNc1ncnc(Oc2cccc(Cl)c2F)c1C. The third kappa shape index (κ3) is 2.36. The molecule has 0 unspecified atom stereocenters. The van der Waals surface area contributed by atoms with Crippen molar-refractivity contribution >= 4 is 17.4 Å². The molecule has 0 spiro atoms. The number of rotatable bonds is 3. The molecule has 1 N–H and O–H groups in total. The lowest BCUT2D eigenvalue weighted by Gasteiger charge is -2.10. The topological polar surface area (TPSA) is 47.0 Å². The largest absolute Gasteiger partial charge is 0.435 e. The number of anilines is 1. The molecule has 0 bridgehead atoms. The van der Waals surface area contributed by atoms with Gasteiger partial charge in [-0.2, -0.15) is 0 Å². The summed E-state index contributed by atoms with van der Waals surface area (Å²) >= 11 is 5.68. The fraction of sp³-hybridized carbons (Fsp3) is 0.167. The maximum Gasteiger partial charge on any atom is 0.227 e. The van der Waals surface area contributed by atoms with Gasteiger partial charge in [-0.05, 0) is 19.1 Å². The quantitative estimate of drug-likeness (QED) is 0.926. The van der Waals surface area contributed by atoms with Crippen LogP contribution in [0.3, 0.4) is 0 Å². The van der Waals surface area contributed by atoms with Crippen molar-refractivity contribution in [2.45, 2.75) is 6.92 Å². The molecule has 0 saturated carbocycles. The third-order valence-electron chi connectivity index (χ3n) is 2.40. The first-order valence-electron chi connectivity index (χ1n) is 5.24. The molecule has 0 amide bonds. The van der Waals surface area contributed by atoms with E-state index in [1.165, 1.54) is 18.5 Å². The number of hydrogen-bond acceptors (Lipinski definition) is 4. The van der Waals surface area contributed by atoms with Crippen LogP contribution in [-0.2, 0) is 0 Å². The number of halogens is 2. The van der Waals surface area contributed by atoms with Gasteiger partial charge in [-0.1, -0.05) is 17.7 Å². The lowest BCUT2D eigenvalue weighted by molar-refractivity contribution is 0.424. The number of nitrogens with zero attached hydrogens (tertiary/aromatic N) is 2. The van der Waals surface area contributed by atoms with Gasteiger partial charge in [-0.25, -0.2) is 14.4 Å². The van der Waals surface area contributed by atoms with Gasteiger partial charge in [0.05, 0.1) is 10.6 Å². The average molecular weight is 268 g/mol. The van der Waals surface area contributed by atoms with Crippen LogP contribution in [0.25, 0.3) is 0 Å². The van der Waals surface area contributed by atoms with Crippen molar-refractivity contribution in [1.82, 2.24) is 9.97 Å². The minimum Gasteiger partial charge on any atom is -0.435 e. The van der Waals surface area contributed by atoms with Gasteiger partial charge in [0, 0.05) is 7.05 Å². The van der Waals surface area contributed by atoms with E-state index in [1.54, 1.807) is 20.0 Å². The Balaban J connectivity index is 2.37. The maximum absolute atomic E-state index is 13.7. The average Bonchev–Trinajstić information content (AvgIpc) is 2.37. The van der Waals surface area contributed by atoms with E-state index >= 15 is 0 Å². The molecule has 1 heterocycles. The van der Waals surface area contributed by atoms with E-state index in [2.05, 4.69) is 15.3 Å². The minimum atomic E-state index is -0.608. The van der Waals surface area contributed by atoms with E-state index in [1.807, 2.05) is 0 Å². The minimum absolute atomic E-state index is 0.00745. The zero-order valence-corrected chi connectivity index (χ0v) is 10.6. The van der Waals surface area contributed by atoms with Crippen molar-refractivity contribution in [3.63, 3.8) is 0 Å². The first-order chi connectivity index (χ1) is 8.63. The van der Waals surface area contributed by atoms with Gasteiger partial charge in [0.2, 0.25) is 5.88 Å². The van der Waals surface area contributed by atoms with Crippen LogP contribution in [0.2, 0.25) is 5.02 Å². The normalized spacial score (nSPS) is 10.2. The Hall–Kier alpha value is -1.88. The first-order valence-corrected chi connectivity index (χ1v) is 5.62. The van der Waals surface area contributed by atoms with Crippen LogP contribution in [0.4, 0.5) is 10.2 Å². The highest BCUT2D eigenvalue weighted by atomic mass is 35.5. The number of ether oxygens (including phenoxy) is 1. The third-order valence-corrected chi connectivity index (χ3v) is 2.69. The van der Waals surface area contributed by atoms with E-state index in [9.17, 15) is 4.39 Å². The monoisotopic (exact) mass is 267 g/mol. The van der Waals surface area contributed by atoms with E-state index < -0.39 is 5.82 Å². The number of hydrogen-bond donors (Lipinski definition) is 1. The zero-order chi connectivity index (χ0) is 13.1. The Labute approximate surface area is 109 Å². The molecule has 6 heteroatoms. The summed E-state index contributed by atoms with van der Waals surface area (Å²) in [5, 5.41) is 2.90. The van der Waals surface area contributed by atoms with Crippen molar-refractivity contribution in [2.24, 2.45) is 0 Å². The molecular weight excluding hydrogens is 257 g/mol. The molecule has 18 heavy (non-hydrogen) atoms. The molecule has 0 radical (unpaired) electrons. The van der Waals surface area contributed by atoms with E-state index in [0.29, 0.717) is 11.4 Å². The summed E-state index contributed by atoms with van der Waals surface area (Å²) in [6.45, 7) is 1.78. The lowest BCUT2D eigenvalue weighted by Crippen LogP contribution is -2.00. The van der Waals surface area contributed by atoms with Gasteiger partial charge >= 0.3 is 0 Å². The van der Waals surface area contributed by atoms with Crippen LogP contribution in [0.1, 0.15) is 5.56 Å². The van der Waals surface area contributed by atoms with Gasteiger partial charge in [0.1, 0.15) is 12.1 Å². The molecule has 0 aliphatic carbocycles. The van der Waals surface area contributed by atoms with Crippen LogP contribution in [0.15, 0.2) is 24.5 Å². The maximum atomic E-state index is 13.7. The first kappa shape index (κ1) is 12.6. The van der Waals surface area contributed by atoms with Crippen LogP contribution < -0.4 is 10.1 Å². The summed E-state index contributed by atoms with van der Waals surface area (Å²) in [6.07, 6.45) is 1.34. The highest BCUT2D eigenvalue weighted by Gasteiger charge is 2.12. The molecule has 2 aromatic rings. The summed E-state index contributed by atoms with van der Waals surface area (Å²) in [5.41, 5.74) is 0.694. The Morgan fingerprint density at radius 2 is 2.11 bits per heavy atom. The predicted molar refractivity (Wildman–Crippen MR) is 67.8 cm³/mol. The molecule has 1 aromatic carbocycles.